The Morgan fingerprint density at radius 2 is 2.04 bits per heavy atom. The van der Waals surface area contributed by atoms with Gasteiger partial charge in [0.05, 0.1) is 23.9 Å². The topological polar surface area (TPSA) is 69.2 Å². The summed E-state index contributed by atoms with van der Waals surface area (Å²) in [6.45, 7) is 2.08. The second-order valence-corrected chi connectivity index (χ2v) is 5.54. The first-order chi connectivity index (χ1) is 11.6. The molecule has 0 radical (unpaired) electrons. The monoisotopic (exact) mass is 346 g/mol. The van der Waals surface area contributed by atoms with Gasteiger partial charge in [0.1, 0.15) is 5.75 Å². The molecule has 1 aliphatic rings. The molecule has 0 saturated heterocycles. The summed E-state index contributed by atoms with van der Waals surface area (Å²) >= 11 is 6.15. The summed E-state index contributed by atoms with van der Waals surface area (Å²) in [7, 11) is 1.52. The van der Waals surface area contributed by atoms with Crippen LogP contribution in [0.4, 0.5) is 0 Å². The molecule has 0 aliphatic carbocycles. The van der Waals surface area contributed by atoms with Crippen LogP contribution in [0, 0.1) is 6.92 Å². The number of nitrogens with zero attached hydrogens (tertiary/aromatic N) is 1. The number of fused-ring (bicyclic) bond motifs is 1. The maximum atomic E-state index is 12.2. The highest BCUT2D eigenvalue weighted by atomic mass is 35.5. The summed E-state index contributed by atoms with van der Waals surface area (Å²) < 4.78 is 15.7. The Kier molecular flexibility index (Phi) is 4.57. The van der Waals surface area contributed by atoms with Crippen LogP contribution >= 0.6 is 11.6 Å². The van der Waals surface area contributed by atoms with Crippen molar-refractivity contribution in [3.8, 4) is 17.2 Å². The van der Waals surface area contributed by atoms with Gasteiger partial charge >= 0.3 is 0 Å². The average Bonchev–Trinajstić information content (AvgIpc) is 3.01. The van der Waals surface area contributed by atoms with Crippen molar-refractivity contribution in [1.82, 2.24) is 5.43 Å². The van der Waals surface area contributed by atoms with Gasteiger partial charge in [0.15, 0.2) is 11.5 Å². The van der Waals surface area contributed by atoms with E-state index in [1.54, 1.807) is 24.3 Å². The van der Waals surface area contributed by atoms with Gasteiger partial charge in [-0.1, -0.05) is 17.7 Å². The molecule has 0 saturated carbocycles. The molecule has 1 N–H and O–H groups in total. The maximum Gasteiger partial charge on any atom is 0.275 e. The first-order valence-electron chi connectivity index (χ1n) is 7.15. The number of hydrogen-bond acceptors (Lipinski definition) is 5. The summed E-state index contributed by atoms with van der Waals surface area (Å²) in [5.41, 5.74) is 4.46. The third-order valence-electron chi connectivity index (χ3n) is 3.46. The van der Waals surface area contributed by atoms with E-state index >= 15 is 0 Å². The van der Waals surface area contributed by atoms with Crippen LogP contribution in [-0.2, 0) is 0 Å². The smallest absolute Gasteiger partial charge is 0.275 e. The molecule has 6 nitrogen and oxygen atoms in total. The lowest BCUT2D eigenvalue weighted by Gasteiger charge is -2.07. The van der Waals surface area contributed by atoms with E-state index in [0.29, 0.717) is 33.4 Å². The van der Waals surface area contributed by atoms with Gasteiger partial charge in [0, 0.05) is 11.6 Å². The minimum absolute atomic E-state index is 0.163. The molecule has 1 heterocycles. The molecule has 2 aromatic carbocycles. The van der Waals surface area contributed by atoms with Crippen LogP contribution in [0.3, 0.4) is 0 Å². The van der Waals surface area contributed by atoms with E-state index in [0.717, 1.165) is 5.56 Å². The Balaban J connectivity index is 1.74. The van der Waals surface area contributed by atoms with Gasteiger partial charge in [0.2, 0.25) is 6.79 Å². The summed E-state index contributed by atoms with van der Waals surface area (Å²) in [6, 6.07) is 8.65. The van der Waals surface area contributed by atoms with E-state index < -0.39 is 0 Å². The number of aryl methyl sites for hydroxylation is 1. The van der Waals surface area contributed by atoms with E-state index in [-0.39, 0.29) is 12.7 Å². The van der Waals surface area contributed by atoms with Crippen molar-refractivity contribution >= 4 is 23.7 Å². The van der Waals surface area contributed by atoms with Crippen molar-refractivity contribution in [2.75, 3.05) is 13.9 Å². The number of hydrogen-bond donors (Lipinski definition) is 1. The van der Waals surface area contributed by atoms with Gasteiger partial charge in [-0.2, -0.15) is 5.10 Å². The van der Waals surface area contributed by atoms with E-state index in [9.17, 15) is 4.79 Å². The average molecular weight is 347 g/mol. The lowest BCUT2D eigenvalue weighted by atomic mass is 10.1. The van der Waals surface area contributed by atoms with Gasteiger partial charge in [-0.25, -0.2) is 5.43 Å². The number of benzene rings is 2. The van der Waals surface area contributed by atoms with E-state index in [1.165, 1.54) is 13.3 Å². The molecule has 124 valence electrons. The fourth-order valence-electron chi connectivity index (χ4n) is 2.24. The number of nitrogens with one attached hydrogen (secondary N) is 1. The highest BCUT2D eigenvalue weighted by Crippen LogP contribution is 2.36. The molecule has 7 heteroatoms. The zero-order valence-electron chi connectivity index (χ0n) is 13.1. The molecule has 1 amide bonds. The van der Waals surface area contributed by atoms with Crippen molar-refractivity contribution in [1.29, 1.82) is 0 Å². The molecule has 3 rings (SSSR count). The van der Waals surface area contributed by atoms with Crippen LogP contribution in [0.15, 0.2) is 35.4 Å². The molecule has 0 unspecified atom stereocenters. The summed E-state index contributed by atoms with van der Waals surface area (Å²) in [5, 5.41) is 4.39. The number of rotatable bonds is 4. The number of methoxy groups -OCH3 is 1. The van der Waals surface area contributed by atoms with Crippen molar-refractivity contribution in [2.45, 2.75) is 6.92 Å². The van der Waals surface area contributed by atoms with Crippen molar-refractivity contribution < 1.29 is 19.0 Å². The third kappa shape index (κ3) is 3.28. The molecular weight excluding hydrogens is 332 g/mol. The van der Waals surface area contributed by atoms with Crippen LogP contribution in [0.5, 0.6) is 17.2 Å². The van der Waals surface area contributed by atoms with E-state index in [2.05, 4.69) is 10.5 Å². The minimum Gasteiger partial charge on any atom is -0.496 e. The Morgan fingerprint density at radius 3 is 2.79 bits per heavy atom. The molecule has 0 atom stereocenters. The highest BCUT2D eigenvalue weighted by molar-refractivity contribution is 6.33. The van der Waals surface area contributed by atoms with Gasteiger partial charge < -0.3 is 14.2 Å². The third-order valence-corrected chi connectivity index (χ3v) is 3.79. The molecule has 2 aromatic rings. The number of carbonyl (C=O) groups is 1. The molecule has 0 aromatic heterocycles. The van der Waals surface area contributed by atoms with Crippen LogP contribution in [0.1, 0.15) is 21.5 Å². The molecular formula is C17H15ClN2O4. The Hall–Kier alpha value is -2.73. The van der Waals surface area contributed by atoms with Gasteiger partial charge in [-0.3, -0.25) is 4.79 Å². The number of ether oxygens (including phenoxy) is 3. The zero-order valence-corrected chi connectivity index (χ0v) is 13.9. The first kappa shape index (κ1) is 16.1. The molecule has 0 bridgehead atoms. The minimum atomic E-state index is -0.375. The fraction of sp³-hybridized carbons (Fsp3) is 0.176. The highest BCUT2D eigenvalue weighted by Gasteiger charge is 2.16. The molecule has 1 aliphatic heterocycles. The zero-order chi connectivity index (χ0) is 17.1. The summed E-state index contributed by atoms with van der Waals surface area (Å²) in [5.74, 6) is 1.29. The van der Waals surface area contributed by atoms with Crippen molar-refractivity contribution in [3.05, 3.63) is 52.0 Å². The van der Waals surface area contributed by atoms with Crippen LogP contribution in [0.25, 0.3) is 0 Å². The first-order valence-corrected chi connectivity index (χ1v) is 7.53. The van der Waals surface area contributed by atoms with Crippen LogP contribution < -0.4 is 19.6 Å². The van der Waals surface area contributed by atoms with E-state index in [1.807, 2.05) is 13.0 Å². The summed E-state index contributed by atoms with van der Waals surface area (Å²) in [4.78, 5) is 12.2. The molecule has 24 heavy (non-hydrogen) atoms. The van der Waals surface area contributed by atoms with Crippen molar-refractivity contribution in [3.63, 3.8) is 0 Å². The maximum absolute atomic E-state index is 12.2. The Labute approximate surface area is 144 Å². The van der Waals surface area contributed by atoms with Crippen molar-refractivity contribution in [2.24, 2.45) is 5.10 Å². The quantitative estimate of drug-likeness (QED) is 0.682. The van der Waals surface area contributed by atoms with Gasteiger partial charge in [-0.15, -0.1) is 0 Å². The lowest BCUT2D eigenvalue weighted by molar-refractivity contribution is 0.0952. The Bertz CT molecular complexity index is 820. The van der Waals surface area contributed by atoms with Gasteiger partial charge in [-0.05, 0) is 30.7 Å². The predicted octanol–water partition coefficient (Wildman–Crippen LogP) is 3.15. The van der Waals surface area contributed by atoms with Crippen LogP contribution in [-0.4, -0.2) is 26.0 Å². The van der Waals surface area contributed by atoms with Gasteiger partial charge in [0.25, 0.3) is 5.91 Å². The SMILES string of the molecule is COc1cc(C)ccc1C(=O)N/N=C/c1cc2c(cc1Cl)OCO2. The molecule has 0 spiro atoms. The van der Waals surface area contributed by atoms with E-state index in [4.69, 9.17) is 25.8 Å². The summed E-state index contributed by atoms with van der Waals surface area (Å²) in [6.07, 6.45) is 1.45. The second kappa shape index (κ2) is 6.80. The second-order valence-electron chi connectivity index (χ2n) is 5.13. The number of halogens is 1. The number of carbonyl (C=O) groups excluding carboxylic acids is 1. The van der Waals surface area contributed by atoms with Crippen LogP contribution in [0.2, 0.25) is 5.02 Å². The normalized spacial score (nSPS) is 12.5. The number of amides is 1. The standard InChI is InChI=1S/C17H15ClN2O4/c1-10-3-4-12(14(5-10)22-2)17(21)20-19-8-11-6-15-16(7-13(11)18)24-9-23-15/h3-8H,9H2,1-2H3,(H,20,21)/b19-8+. The largest absolute Gasteiger partial charge is 0.496 e. The molecule has 0 fully saturated rings. The fourth-order valence-corrected chi connectivity index (χ4v) is 2.44. The number of hydrazone groups is 1. The predicted molar refractivity (Wildman–Crippen MR) is 90.4 cm³/mol. The Morgan fingerprint density at radius 1 is 1.29 bits per heavy atom. The lowest BCUT2D eigenvalue weighted by Crippen LogP contribution is -2.18.